The van der Waals surface area contributed by atoms with E-state index in [0.717, 1.165) is 12.5 Å². The fourth-order valence-electron chi connectivity index (χ4n) is 2.84. The zero-order valence-electron chi connectivity index (χ0n) is 10.5. The predicted molar refractivity (Wildman–Crippen MR) is 71.1 cm³/mol. The van der Waals surface area contributed by atoms with Crippen LogP contribution in [0.25, 0.3) is 0 Å². The summed E-state index contributed by atoms with van der Waals surface area (Å²) in [6, 6.07) is 2.87. The van der Waals surface area contributed by atoms with E-state index in [-0.39, 0.29) is 0 Å². The number of hydrogen-bond acceptors (Lipinski definition) is 3. The first-order valence-corrected chi connectivity index (χ1v) is 7.01. The summed E-state index contributed by atoms with van der Waals surface area (Å²) in [5.41, 5.74) is 1.46. The summed E-state index contributed by atoms with van der Waals surface area (Å²) in [5.74, 6) is 0.765. The van der Waals surface area contributed by atoms with E-state index in [2.05, 4.69) is 42.7 Å². The number of hydrogen-bond donors (Lipinski definition) is 1. The van der Waals surface area contributed by atoms with Gasteiger partial charge in [-0.3, -0.25) is 4.90 Å². The maximum absolute atomic E-state index is 3.35. The molecule has 1 aliphatic rings. The van der Waals surface area contributed by atoms with Gasteiger partial charge in [-0.1, -0.05) is 0 Å². The smallest absolute Gasteiger partial charge is 0.0481 e. The summed E-state index contributed by atoms with van der Waals surface area (Å²) >= 11 is 1.92. The normalized spacial score (nSPS) is 27.2. The number of nitrogens with zero attached hydrogens (tertiary/aromatic N) is 1. The van der Waals surface area contributed by atoms with Crippen molar-refractivity contribution in [3.63, 3.8) is 0 Å². The maximum atomic E-state index is 3.35. The summed E-state index contributed by atoms with van der Waals surface area (Å²) in [4.78, 5) is 4.10. The molecule has 3 heteroatoms. The molecule has 0 aromatic carbocycles. The van der Waals surface area contributed by atoms with Gasteiger partial charge in [0.1, 0.15) is 0 Å². The van der Waals surface area contributed by atoms with Crippen molar-refractivity contribution >= 4 is 11.3 Å². The largest absolute Gasteiger partial charge is 0.319 e. The predicted octanol–water partition coefficient (Wildman–Crippen LogP) is 2.66. The highest BCUT2D eigenvalue weighted by atomic mass is 32.1. The highest BCUT2D eigenvalue weighted by Gasteiger charge is 2.31. The van der Waals surface area contributed by atoms with Gasteiger partial charge in [-0.25, -0.2) is 0 Å². The van der Waals surface area contributed by atoms with Gasteiger partial charge in [0.05, 0.1) is 0 Å². The van der Waals surface area contributed by atoms with Crippen LogP contribution < -0.4 is 5.32 Å². The molecular weight excluding hydrogens is 216 g/mol. The molecule has 0 spiro atoms. The molecule has 1 fully saturated rings. The summed E-state index contributed by atoms with van der Waals surface area (Å²) < 4.78 is 0. The first-order chi connectivity index (χ1) is 7.74. The molecule has 2 heterocycles. The van der Waals surface area contributed by atoms with Gasteiger partial charge in [-0.05, 0) is 69.9 Å². The van der Waals surface area contributed by atoms with Crippen LogP contribution in [0, 0.1) is 12.8 Å². The fraction of sp³-hybridized carbons (Fsp3) is 0.692. The Balaban J connectivity index is 2.22. The SMILES string of the molecule is CNCC1CCCN(C)C1c1sccc1C. The van der Waals surface area contributed by atoms with Crippen molar-refractivity contribution in [1.82, 2.24) is 10.2 Å². The minimum absolute atomic E-state index is 0.626. The number of nitrogens with one attached hydrogen (secondary N) is 1. The number of likely N-dealkylation sites (tertiary alicyclic amines) is 1. The van der Waals surface area contributed by atoms with Crippen LogP contribution in [0.3, 0.4) is 0 Å². The van der Waals surface area contributed by atoms with Gasteiger partial charge < -0.3 is 5.32 Å². The first kappa shape index (κ1) is 12.1. The summed E-state index contributed by atoms with van der Waals surface area (Å²) in [6.45, 7) is 4.61. The Labute approximate surface area is 103 Å². The molecule has 2 unspecified atom stereocenters. The van der Waals surface area contributed by atoms with Crippen LogP contribution in [0.1, 0.15) is 29.3 Å². The second kappa shape index (κ2) is 5.30. The van der Waals surface area contributed by atoms with E-state index in [4.69, 9.17) is 0 Å². The molecule has 0 saturated carbocycles. The zero-order valence-corrected chi connectivity index (χ0v) is 11.3. The van der Waals surface area contributed by atoms with Gasteiger partial charge in [-0.15, -0.1) is 11.3 Å². The first-order valence-electron chi connectivity index (χ1n) is 6.13. The molecule has 1 N–H and O–H groups in total. The lowest BCUT2D eigenvalue weighted by molar-refractivity contribution is 0.123. The second-order valence-electron chi connectivity index (χ2n) is 4.85. The van der Waals surface area contributed by atoms with Gasteiger partial charge in [0.25, 0.3) is 0 Å². The van der Waals surface area contributed by atoms with Gasteiger partial charge in [0, 0.05) is 10.9 Å². The summed E-state index contributed by atoms with van der Waals surface area (Å²) in [6.07, 6.45) is 2.69. The van der Waals surface area contributed by atoms with Crippen LogP contribution in [0.4, 0.5) is 0 Å². The molecule has 1 aliphatic heterocycles. The molecule has 2 nitrogen and oxygen atoms in total. The average molecular weight is 238 g/mol. The van der Waals surface area contributed by atoms with Crippen molar-refractivity contribution in [2.75, 3.05) is 27.2 Å². The summed E-state index contributed by atoms with van der Waals surface area (Å²) in [5, 5.41) is 5.57. The van der Waals surface area contributed by atoms with Crippen molar-refractivity contribution in [1.29, 1.82) is 0 Å². The van der Waals surface area contributed by atoms with E-state index in [1.54, 1.807) is 4.88 Å². The van der Waals surface area contributed by atoms with Crippen LogP contribution >= 0.6 is 11.3 Å². The molecule has 90 valence electrons. The van der Waals surface area contributed by atoms with Crippen molar-refractivity contribution < 1.29 is 0 Å². The average Bonchev–Trinajstić information content (AvgIpc) is 2.65. The standard InChI is InChI=1S/C13H22N2S/c1-10-6-8-16-13(10)12-11(9-14-2)5-4-7-15(12)3/h6,8,11-12,14H,4-5,7,9H2,1-3H3. The van der Waals surface area contributed by atoms with Gasteiger partial charge in [0.15, 0.2) is 0 Å². The van der Waals surface area contributed by atoms with E-state index in [1.165, 1.54) is 24.9 Å². The second-order valence-corrected chi connectivity index (χ2v) is 5.80. The topological polar surface area (TPSA) is 15.3 Å². The Hall–Kier alpha value is -0.380. The lowest BCUT2D eigenvalue weighted by Gasteiger charge is -2.39. The third-order valence-electron chi connectivity index (χ3n) is 3.64. The van der Waals surface area contributed by atoms with Crippen LogP contribution in [0.2, 0.25) is 0 Å². The van der Waals surface area contributed by atoms with E-state index in [1.807, 2.05) is 11.3 Å². The van der Waals surface area contributed by atoms with Crippen LogP contribution in [-0.4, -0.2) is 32.1 Å². The Morgan fingerprint density at radius 3 is 3.00 bits per heavy atom. The van der Waals surface area contributed by atoms with Crippen molar-refractivity contribution in [2.24, 2.45) is 5.92 Å². The molecule has 0 bridgehead atoms. The molecule has 0 radical (unpaired) electrons. The minimum atomic E-state index is 0.626. The van der Waals surface area contributed by atoms with Crippen molar-refractivity contribution in [3.8, 4) is 0 Å². The Kier molecular flexibility index (Phi) is 4.00. The monoisotopic (exact) mass is 238 g/mol. The lowest BCUT2D eigenvalue weighted by atomic mass is 9.87. The van der Waals surface area contributed by atoms with E-state index < -0.39 is 0 Å². The van der Waals surface area contributed by atoms with Crippen LogP contribution in [-0.2, 0) is 0 Å². The van der Waals surface area contributed by atoms with E-state index in [0.29, 0.717) is 6.04 Å². The molecule has 2 rings (SSSR count). The van der Waals surface area contributed by atoms with E-state index in [9.17, 15) is 0 Å². The van der Waals surface area contributed by atoms with E-state index >= 15 is 0 Å². The minimum Gasteiger partial charge on any atom is -0.319 e. The number of rotatable bonds is 3. The molecule has 1 aromatic heterocycles. The van der Waals surface area contributed by atoms with Crippen molar-refractivity contribution in [3.05, 3.63) is 21.9 Å². The lowest BCUT2D eigenvalue weighted by Crippen LogP contribution is -2.39. The number of aryl methyl sites for hydroxylation is 1. The van der Waals surface area contributed by atoms with Crippen LogP contribution in [0.5, 0.6) is 0 Å². The molecule has 2 atom stereocenters. The Bertz CT molecular complexity index is 332. The maximum Gasteiger partial charge on any atom is 0.0481 e. The molecule has 0 amide bonds. The quantitative estimate of drug-likeness (QED) is 0.871. The Morgan fingerprint density at radius 2 is 2.38 bits per heavy atom. The number of piperidine rings is 1. The molecule has 1 saturated heterocycles. The van der Waals surface area contributed by atoms with Gasteiger partial charge in [0.2, 0.25) is 0 Å². The molecule has 0 aliphatic carbocycles. The van der Waals surface area contributed by atoms with Gasteiger partial charge >= 0.3 is 0 Å². The van der Waals surface area contributed by atoms with Crippen LogP contribution in [0.15, 0.2) is 11.4 Å². The molecule has 1 aromatic rings. The molecule has 16 heavy (non-hydrogen) atoms. The third-order valence-corrected chi connectivity index (χ3v) is 4.73. The fourth-order valence-corrected chi connectivity index (χ4v) is 4.02. The Morgan fingerprint density at radius 1 is 1.56 bits per heavy atom. The van der Waals surface area contributed by atoms with Gasteiger partial charge in [-0.2, -0.15) is 0 Å². The number of thiophene rings is 1. The summed E-state index contributed by atoms with van der Waals surface area (Å²) in [7, 11) is 4.33. The highest BCUT2D eigenvalue weighted by molar-refractivity contribution is 7.10. The zero-order chi connectivity index (χ0) is 11.5. The van der Waals surface area contributed by atoms with Crippen molar-refractivity contribution in [2.45, 2.75) is 25.8 Å². The molecular formula is C13H22N2S. The highest BCUT2D eigenvalue weighted by Crippen LogP contribution is 2.38. The third kappa shape index (κ3) is 2.31.